The molecule has 0 amide bonds. The molecule has 1 aromatic heterocycles. The molecule has 0 radical (unpaired) electrons. The summed E-state index contributed by atoms with van der Waals surface area (Å²) < 4.78 is 0. The van der Waals surface area contributed by atoms with E-state index in [4.69, 9.17) is 9.97 Å². The van der Waals surface area contributed by atoms with E-state index >= 15 is 0 Å². The predicted octanol–water partition coefficient (Wildman–Crippen LogP) is 5.66. The molecular formula is C21H30N4S. The smallest absolute Gasteiger partial charge is 0.229 e. The SMILES string of the molecule is CCCc1cc(N2CCCCC2CC)nc(Nc2cccc(SC)c2)n1. The molecule has 1 atom stereocenters. The Bertz CT molecular complexity index is 719. The van der Waals surface area contributed by atoms with Gasteiger partial charge in [-0.2, -0.15) is 4.98 Å². The van der Waals surface area contributed by atoms with Crippen molar-refractivity contribution in [2.45, 2.75) is 63.3 Å². The van der Waals surface area contributed by atoms with Crippen LogP contribution in [0.4, 0.5) is 17.5 Å². The molecule has 4 nitrogen and oxygen atoms in total. The molecule has 0 aliphatic carbocycles. The lowest BCUT2D eigenvalue weighted by Crippen LogP contribution is -2.39. The summed E-state index contributed by atoms with van der Waals surface area (Å²) in [5.74, 6) is 1.79. The number of aryl methyl sites for hydroxylation is 1. The van der Waals surface area contributed by atoms with E-state index in [0.29, 0.717) is 12.0 Å². The number of rotatable bonds is 7. The number of hydrogen-bond acceptors (Lipinski definition) is 5. The molecule has 1 unspecified atom stereocenters. The number of aromatic nitrogens is 2. The van der Waals surface area contributed by atoms with Gasteiger partial charge in [0.1, 0.15) is 5.82 Å². The molecule has 0 spiro atoms. The first-order chi connectivity index (χ1) is 12.7. The van der Waals surface area contributed by atoms with Gasteiger partial charge in [-0.15, -0.1) is 11.8 Å². The van der Waals surface area contributed by atoms with E-state index in [9.17, 15) is 0 Å². The van der Waals surface area contributed by atoms with E-state index in [0.717, 1.165) is 36.6 Å². The van der Waals surface area contributed by atoms with Crippen LogP contribution in [-0.2, 0) is 6.42 Å². The largest absolute Gasteiger partial charge is 0.353 e. The number of benzene rings is 1. The van der Waals surface area contributed by atoms with Crippen LogP contribution in [0.5, 0.6) is 0 Å². The Hall–Kier alpha value is -1.75. The third-order valence-corrected chi connectivity index (χ3v) is 5.72. The van der Waals surface area contributed by atoms with Gasteiger partial charge in [-0.25, -0.2) is 4.98 Å². The number of thioether (sulfide) groups is 1. The van der Waals surface area contributed by atoms with Crippen LogP contribution in [0.25, 0.3) is 0 Å². The van der Waals surface area contributed by atoms with Crippen LogP contribution >= 0.6 is 11.8 Å². The first-order valence-electron chi connectivity index (χ1n) is 9.79. The Kier molecular flexibility index (Phi) is 6.78. The Labute approximate surface area is 161 Å². The Morgan fingerprint density at radius 3 is 2.85 bits per heavy atom. The first-order valence-corrected chi connectivity index (χ1v) is 11.0. The fourth-order valence-corrected chi connectivity index (χ4v) is 4.09. The highest BCUT2D eigenvalue weighted by Gasteiger charge is 2.23. The van der Waals surface area contributed by atoms with E-state index < -0.39 is 0 Å². The zero-order chi connectivity index (χ0) is 18.4. The summed E-state index contributed by atoms with van der Waals surface area (Å²) in [6, 6.07) is 11.2. The summed E-state index contributed by atoms with van der Waals surface area (Å²) in [5, 5.41) is 3.43. The highest BCUT2D eigenvalue weighted by molar-refractivity contribution is 7.98. The minimum absolute atomic E-state index is 0.598. The summed E-state index contributed by atoms with van der Waals surface area (Å²) in [6.45, 7) is 5.58. The lowest BCUT2D eigenvalue weighted by molar-refractivity contribution is 0.446. The number of piperidine rings is 1. The molecule has 1 N–H and O–H groups in total. The Morgan fingerprint density at radius 1 is 1.19 bits per heavy atom. The highest BCUT2D eigenvalue weighted by atomic mass is 32.2. The van der Waals surface area contributed by atoms with Gasteiger partial charge in [0.25, 0.3) is 0 Å². The maximum atomic E-state index is 4.89. The lowest BCUT2D eigenvalue weighted by Gasteiger charge is -2.36. The van der Waals surface area contributed by atoms with E-state index in [-0.39, 0.29) is 0 Å². The van der Waals surface area contributed by atoms with Gasteiger partial charge in [0.05, 0.1) is 0 Å². The lowest BCUT2D eigenvalue weighted by atomic mass is 10.00. The fourth-order valence-electron chi connectivity index (χ4n) is 3.63. The number of nitrogens with one attached hydrogen (secondary N) is 1. The second-order valence-corrected chi connectivity index (χ2v) is 7.78. The van der Waals surface area contributed by atoms with Gasteiger partial charge >= 0.3 is 0 Å². The van der Waals surface area contributed by atoms with Crippen LogP contribution in [0.15, 0.2) is 35.2 Å². The molecule has 1 aromatic carbocycles. The van der Waals surface area contributed by atoms with Crippen LogP contribution in [-0.4, -0.2) is 28.8 Å². The van der Waals surface area contributed by atoms with Crippen molar-refractivity contribution in [2.24, 2.45) is 0 Å². The summed E-state index contributed by atoms with van der Waals surface area (Å²) in [4.78, 5) is 13.4. The normalized spacial score (nSPS) is 17.3. The molecular weight excluding hydrogens is 340 g/mol. The molecule has 2 heterocycles. The molecule has 140 valence electrons. The molecule has 3 rings (SSSR count). The van der Waals surface area contributed by atoms with Crippen molar-refractivity contribution in [1.29, 1.82) is 0 Å². The molecule has 1 saturated heterocycles. The van der Waals surface area contributed by atoms with Gasteiger partial charge < -0.3 is 10.2 Å². The second kappa shape index (κ2) is 9.26. The van der Waals surface area contributed by atoms with E-state index in [1.165, 1.54) is 30.6 Å². The number of anilines is 3. The zero-order valence-electron chi connectivity index (χ0n) is 16.2. The van der Waals surface area contributed by atoms with E-state index in [1.54, 1.807) is 11.8 Å². The monoisotopic (exact) mass is 370 g/mol. The molecule has 26 heavy (non-hydrogen) atoms. The Balaban J connectivity index is 1.90. The van der Waals surface area contributed by atoms with E-state index in [2.05, 4.69) is 60.7 Å². The third-order valence-electron chi connectivity index (χ3n) is 4.99. The molecule has 2 aromatic rings. The van der Waals surface area contributed by atoms with Crippen molar-refractivity contribution < 1.29 is 0 Å². The van der Waals surface area contributed by atoms with Gasteiger partial charge in [-0.05, 0) is 56.6 Å². The Morgan fingerprint density at radius 2 is 2.08 bits per heavy atom. The minimum atomic E-state index is 0.598. The van der Waals surface area contributed by atoms with Crippen LogP contribution in [0.2, 0.25) is 0 Å². The maximum Gasteiger partial charge on any atom is 0.229 e. The standard InChI is InChI=1S/C21H30N4S/c1-4-9-16-15-20(25-13-7-6-11-18(25)5-2)24-21(22-16)23-17-10-8-12-19(14-17)26-3/h8,10,12,14-15,18H,4-7,9,11,13H2,1-3H3,(H,22,23,24). The molecule has 0 saturated carbocycles. The van der Waals surface area contributed by atoms with Crippen molar-refractivity contribution in [3.63, 3.8) is 0 Å². The van der Waals surface area contributed by atoms with Crippen molar-refractivity contribution in [2.75, 3.05) is 23.0 Å². The van der Waals surface area contributed by atoms with Crippen LogP contribution in [0.3, 0.4) is 0 Å². The quantitative estimate of drug-likeness (QED) is 0.637. The van der Waals surface area contributed by atoms with Crippen molar-refractivity contribution >= 4 is 29.2 Å². The predicted molar refractivity (Wildman–Crippen MR) is 113 cm³/mol. The van der Waals surface area contributed by atoms with Crippen LogP contribution in [0.1, 0.15) is 51.6 Å². The van der Waals surface area contributed by atoms with Gasteiger partial charge in [-0.3, -0.25) is 0 Å². The van der Waals surface area contributed by atoms with Crippen LogP contribution in [0, 0.1) is 0 Å². The minimum Gasteiger partial charge on any atom is -0.353 e. The van der Waals surface area contributed by atoms with Crippen molar-refractivity contribution in [1.82, 2.24) is 9.97 Å². The molecule has 1 fully saturated rings. The fraction of sp³-hybridized carbons (Fsp3) is 0.524. The molecule has 0 bridgehead atoms. The van der Waals surface area contributed by atoms with E-state index in [1.807, 2.05) is 0 Å². The molecule has 5 heteroatoms. The number of hydrogen-bond donors (Lipinski definition) is 1. The molecule has 1 aliphatic heterocycles. The summed E-state index contributed by atoms with van der Waals surface area (Å²) in [6.07, 6.45) is 9.19. The summed E-state index contributed by atoms with van der Waals surface area (Å²) >= 11 is 1.74. The van der Waals surface area contributed by atoms with Gasteiger partial charge in [0.15, 0.2) is 0 Å². The zero-order valence-corrected chi connectivity index (χ0v) is 17.0. The summed E-state index contributed by atoms with van der Waals surface area (Å²) in [5.41, 5.74) is 2.17. The third kappa shape index (κ3) is 4.70. The van der Waals surface area contributed by atoms with Gasteiger partial charge in [-0.1, -0.05) is 26.3 Å². The summed E-state index contributed by atoms with van der Waals surface area (Å²) in [7, 11) is 0. The van der Waals surface area contributed by atoms with Crippen molar-refractivity contribution in [3.8, 4) is 0 Å². The van der Waals surface area contributed by atoms with Gasteiger partial charge in [0.2, 0.25) is 5.95 Å². The second-order valence-electron chi connectivity index (χ2n) is 6.90. The average Bonchev–Trinajstić information content (AvgIpc) is 2.68. The number of nitrogens with zero attached hydrogens (tertiary/aromatic N) is 3. The highest BCUT2D eigenvalue weighted by Crippen LogP contribution is 2.28. The maximum absolute atomic E-state index is 4.89. The molecule has 1 aliphatic rings. The topological polar surface area (TPSA) is 41.1 Å². The van der Waals surface area contributed by atoms with Crippen molar-refractivity contribution in [3.05, 3.63) is 36.0 Å². The average molecular weight is 371 g/mol. The first kappa shape index (κ1) is 19.0. The van der Waals surface area contributed by atoms with Gasteiger partial charge in [0, 0.05) is 34.9 Å². The van der Waals surface area contributed by atoms with Crippen LogP contribution < -0.4 is 10.2 Å².